The van der Waals surface area contributed by atoms with Gasteiger partial charge in [-0.15, -0.1) is 10.2 Å². The van der Waals surface area contributed by atoms with Gasteiger partial charge in [0.1, 0.15) is 23.7 Å². The van der Waals surface area contributed by atoms with Crippen molar-refractivity contribution in [2.24, 2.45) is 0 Å². The van der Waals surface area contributed by atoms with Crippen molar-refractivity contribution in [2.45, 2.75) is 70.8 Å². The molecule has 130 valence electrons. The lowest BCUT2D eigenvalue weighted by Gasteiger charge is -2.32. The number of nitrogens with zero attached hydrogens (tertiary/aromatic N) is 4. The molecule has 0 unspecified atom stereocenters. The van der Waals surface area contributed by atoms with E-state index < -0.39 is 15.6 Å². The first-order valence-electron chi connectivity index (χ1n) is 8.22. The van der Waals surface area contributed by atoms with Gasteiger partial charge in [-0.25, -0.2) is 8.42 Å². The molecule has 0 bridgehead atoms. The molecule has 0 aliphatic heterocycles. The summed E-state index contributed by atoms with van der Waals surface area (Å²) in [6.45, 7) is 6.38. The van der Waals surface area contributed by atoms with Crippen molar-refractivity contribution in [3.8, 4) is 0 Å². The lowest BCUT2D eigenvalue weighted by atomic mass is 10.1. The SMILES string of the molecule is CCn1cnnc1CS(=O)(=O)CC(=O)N(C(C)C)C1CCCC1. The minimum absolute atomic E-state index is 0.0140. The third-order valence-electron chi connectivity index (χ3n) is 4.29. The molecule has 0 aromatic carbocycles. The second kappa shape index (κ2) is 7.42. The molecule has 1 aliphatic carbocycles. The first-order valence-corrected chi connectivity index (χ1v) is 10.0. The zero-order chi connectivity index (χ0) is 17.0. The Balaban J connectivity index is 2.07. The highest BCUT2D eigenvalue weighted by atomic mass is 32.2. The van der Waals surface area contributed by atoms with Gasteiger partial charge in [-0.3, -0.25) is 4.79 Å². The fourth-order valence-corrected chi connectivity index (χ4v) is 4.51. The smallest absolute Gasteiger partial charge is 0.238 e. The monoisotopic (exact) mass is 342 g/mol. The van der Waals surface area contributed by atoms with E-state index in [0.717, 1.165) is 25.7 Å². The van der Waals surface area contributed by atoms with Crippen molar-refractivity contribution in [2.75, 3.05) is 5.75 Å². The molecule has 1 saturated carbocycles. The Bertz CT molecular complexity index is 633. The van der Waals surface area contributed by atoms with Crippen LogP contribution in [-0.4, -0.2) is 51.8 Å². The van der Waals surface area contributed by atoms with Gasteiger partial charge >= 0.3 is 0 Å². The Morgan fingerprint density at radius 2 is 2.04 bits per heavy atom. The molecule has 1 amide bonds. The Labute approximate surface area is 138 Å². The molecular weight excluding hydrogens is 316 g/mol. The van der Waals surface area contributed by atoms with Gasteiger partial charge in [-0.05, 0) is 33.6 Å². The van der Waals surface area contributed by atoms with Gasteiger partial charge in [0.25, 0.3) is 0 Å². The van der Waals surface area contributed by atoms with Gasteiger partial charge in [0.15, 0.2) is 9.84 Å². The van der Waals surface area contributed by atoms with E-state index in [1.807, 2.05) is 20.8 Å². The third kappa shape index (κ3) is 4.53. The molecule has 1 aliphatic rings. The van der Waals surface area contributed by atoms with Crippen LogP contribution >= 0.6 is 0 Å². The third-order valence-corrected chi connectivity index (χ3v) is 5.68. The molecular formula is C15H26N4O3S. The van der Waals surface area contributed by atoms with Gasteiger partial charge in [-0.2, -0.15) is 0 Å². The van der Waals surface area contributed by atoms with Crippen molar-refractivity contribution >= 4 is 15.7 Å². The van der Waals surface area contributed by atoms with E-state index >= 15 is 0 Å². The number of hydrogen-bond acceptors (Lipinski definition) is 5. The van der Waals surface area contributed by atoms with Crippen LogP contribution < -0.4 is 0 Å². The summed E-state index contributed by atoms with van der Waals surface area (Å²) in [5.41, 5.74) is 0. The van der Waals surface area contributed by atoms with Crippen LogP contribution in [0.2, 0.25) is 0 Å². The van der Waals surface area contributed by atoms with E-state index in [-0.39, 0.29) is 23.7 Å². The number of amides is 1. The van der Waals surface area contributed by atoms with Crippen LogP contribution in [0, 0.1) is 0 Å². The molecule has 2 rings (SSSR count). The second-order valence-electron chi connectivity index (χ2n) is 6.40. The summed E-state index contributed by atoms with van der Waals surface area (Å²) in [5, 5.41) is 7.58. The van der Waals surface area contributed by atoms with E-state index in [4.69, 9.17) is 0 Å². The topological polar surface area (TPSA) is 85.2 Å². The average molecular weight is 342 g/mol. The number of carbonyl (C=O) groups is 1. The number of aryl methyl sites for hydroxylation is 1. The quantitative estimate of drug-likeness (QED) is 0.747. The molecule has 1 fully saturated rings. The predicted molar refractivity (Wildman–Crippen MR) is 87.4 cm³/mol. The number of hydrogen-bond donors (Lipinski definition) is 0. The van der Waals surface area contributed by atoms with Gasteiger partial charge in [-0.1, -0.05) is 12.8 Å². The van der Waals surface area contributed by atoms with Crippen LogP contribution in [0.1, 0.15) is 52.3 Å². The average Bonchev–Trinajstić information content (AvgIpc) is 3.08. The fourth-order valence-electron chi connectivity index (χ4n) is 3.26. The van der Waals surface area contributed by atoms with E-state index in [1.54, 1.807) is 9.47 Å². The molecule has 0 saturated heterocycles. The van der Waals surface area contributed by atoms with Gasteiger partial charge < -0.3 is 9.47 Å². The molecule has 1 aromatic rings. The van der Waals surface area contributed by atoms with E-state index in [9.17, 15) is 13.2 Å². The van der Waals surface area contributed by atoms with Gasteiger partial charge in [0, 0.05) is 18.6 Å². The number of rotatable bonds is 7. The van der Waals surface area contributed by atoms with Crippen LogP contribution in [-0.2, 0) is 26.9 Å². The highest BCUT2D eigenvalue weighted by Crippen LogP contribution is 2.25. The molecule has 7 nitrogen and oxygen atoms in total. The van der Waals surface area contributed by atoms with Crippen LogP contribution in [0.4, 0.5) is 0 Å². The molecule has 0 atom stereocenters. The molecule has 1 heterocycles. The maximum atomic E-state index is 12.6. The van der Waals surface area contributed by atoms with E-state index in [0.29, 0.717) is 12.4 Å². The van der Waals surface area contributed by atoms with Crippen LogP contribution in [0.15, 0.2) is 6.33 Å². The molecule has 1 aromatic heterocycles. The molecule has 0 N–H and O–H groups in total. The zero-order valence-corrected chi connectivity index (χ0v) is 14.9. The highest BCUT2D eigenvalue weighted by Gasteiger charge is 2.31. The van der Waals surface area contributed by atoms with Crippen molar-refractivity contribution < 1.29 is 13.2 Å². The first-order chi connectivity index (χ1) is 10.8. The highest BCUT2D eigenvalue weighted by molar-refractivity contribution is 7.91. The van der Waals surface area contributed by atoms with Crippen molar-refractivity contribution in [3.63, 3.8) is 0 Å². The first kappa shape index (κ1) is 17.9. The summed E-state index contributed by atoms with van der Waals surface area (Å²) < 4.78 is 26.5. The summed E-state index contributed by atoms with van der Waals surface area (Å²) in [6.07, 6.45) is 5.65. The minimum atomic E-state index is -3.56. The number of aromatic nitrogens is 3. The van der Waals surface area contributed by atoms with Crippen LogP contribution in [0.25, 0.3) is 0 Å². The lowest BCUT2D eigenvalue weighted by Crippen LogP contribution is -2.46. The van der Waals surface area contributed by atoms with Gasteiger partial charge in [0.05, 0.1) is 0 Å². The van der Waals surface area contributed by atoms with Crippen LogP contribution in [0.5, 0.6) is 0 Å². The van der Waals surface area contributed by atoms with Gasteiger partial charge in [0.2, 0.25) is 5.91 Å². The lowest BCUT2D eigenvalue weighted by molar-refractivity contribution is -0.132. The minimum Gasteiger partial charge on any atom is -0.336 e. The number of carbonyl (C=O) groups excluding carboxylic acids is 1. The predicted octanol–water partition coefficient (Wildman–Crippen LogP) is 1.39. The summed E-state index contributed by atoms with van der Waals surface area (Å²) in [5.74, 6) is -0.617. The van der Waals surface area contributed by atoms with Crippen LogP contribution in [0.3, 0.4) is 0 Å². The molecule has 0 radical (unpaired) electrons. The van der Waals surface area contributed by atoms with Crippen molar-refractivity contribution in [1.82, 2.24) is 19.7 Å². The van der Waals surface area contributed by atoms with E-state index in [1.165, 1.54) is 6.33 Å². The molecule has 23 heavy (non-hydrogen) atoms. The summed E-state index contributed by atoms with van der Waals surface area (Å²) in [4.78, 5) is 14.3. The van der Waals surface area contributed by atoms with Crippen molar-refractivity contribution in [3.05, 3.63) is 12.2 Å². The normalized spacial score (nSPS) is 16.2. The Kier molecular flexibility index (Phi) is 5.78. The summed E-state index contributed by atoms with van der Waals surface area (Å²) >= 11 is 0. The maximum absolute atomic E-state index is 12.6. The van der Waals surface area contributed by atoms with E-state index in [2.05, 4.69) is 10.2 Å². The molecule has 0 spiro atoms. The Hall–Kier alpha value is -1.44. The largest absolute Gasteiger partial charge is 0.336 e. The summed E-state index contributed by atoms with van der Waals surface area (Å²) in [6, 6.07) is 0.192. The summed E-state index contributed by atoms with van der Waals surface area (Å²) in [7, 11) is -3.56. The second-order valence-corrected chi connectivity index (χ2v) is 8.46. The fraction of sp³-hybridized carbons (Fsp3) is 0.800. The zero-order valence-electron chi connectivity index (χ0n) is 14.1. The number of sulfone groups is 1. The maximum Gasteiger partial charge on any atom is 0.238 e. The van der Waals surface area contributed by atoms with Crippen molar-refractivity contribution in [1.29, 1.82) is 0 Å². The Morgan fingerprint density at radius 3 is 2.61 bits per heavy atom. The molecule has 8 heteroatoms. The standard InChI is InChI=1S/C15H26N4O3S/c1-4-18-11-16-17-14(18)9-23(21,22)10-15(20)19(12(2)3)13-7-5-6-8-13/h11-13H,4-10H2,1-3H3. The Morgan fingerprint density at radius 1 is 1.39 bits per heavy atom.